The number of methoxy groups -OCH3 is 1. The van der Waals surface area contributed by atoms with Crippen LogP contribution in [0.4, 0.5) is 0 Å². The molecule has 1 aromatic rings. The topological polar surface area (TPSA) is 43.4 Å². The number of ether oxygens (including phenoxy) is 1. The summed E-state index contributed by atoms with van der Waals surface area (Å²) in [4.78, 5) is 23.3. The molecule has 0 aliphatic heterocycles. The Kier molecular flexibility index (Phi) is 5.85. The van der Waals surface area contributed by atoms with Crippen LogP contribution in [0.15, 0.2) is 18.2 Å². The number of hydrogen-bond donors (Lipinski definition) is 0. The molecular formula is C12H12Br2O3. The molecule has 0 radical (unpaired) electrons. The van der Waals surface area contributed by atoms with Gasteiger partial charge in [0, 0.05) is 22.6 Å². The molecule has 1 aromatic carbocycles. The van der Waals surface area contributed by atoms with Gasteiger partial charge in [0.05, 0.1) is 12.7 Å². The Morgan fingerprint density at radius 1 is 1.29 bits per heavy atom. The molecule has 0 bridgehead atoms. The number of ketones is 1. The summed E-state index contributed by atoms with van der Waals surface area (Å²) in [6, 6.07) is 5.02. The van der Waals surface area contributed by atoms with Crippen LogP contribution < -0.4 is 0 Å². The fourth-order valence-corrected chi connectivity index (χ4v) is 2.27. The lowest BCUT2D eigenvalue weighted by molar-refractivity contribution is 0.0600. The van der Waals surface area contributed by atoms with Gasteiger partial charge in [-0.15, -0.1) is 0 Å². The molecule has 0 N–H and O–H groups in total. The zero-order chi connectivity index (χ0) is 12.8. The highest BCUT2D eigenvalue weighted by Gasteiger charge is 2.14. The van der Waals surface area contributed by atoms with E-state index in [0.717, 1.165) is 5.56 Å². The van der Waals surface area contributed by atoms with Crippen molar-refractivity contribution in [2.24, 2.45) is 0 Å². The van der Waals surface area contributed by atoms with Crippen molar-refractivity contribution < 1.29 is 14.3 Å². The van der Waals surface area contributed by atoms with Gasteiger partial charge in [0.15, 0.2) is 5.78 Å². The number of alkyl halides is 2. The van der Waals surface area contributed by atoms with Gasteiger partial charge in [-0.1, -0.05) is 37.9 Å². The lowest BCUT2D eigenvalue weighted by atomic mass is 10.0. The zero-order valence-corrected chi connectivity index (χ0v) is 12.5. The summed E-state index contributed by atoms with van der Waals surface area (Å²) in [5, 5.41) is 1.19. The first-order chi connectivity index (χ1) is 8.13. The molecule has 0 aromatic heterocycles. The third kappa shape index (κ3) is 3.64. The van der Waals surface area contributed by atoms with Gasteiger partial charge in [-0.3, -0.25) is 4.79 Å². The number of halogens is 2. The largest absolute Gasteiger partial charge is 0.465 e. The average Bonchev–Trinajstić information content (AvgIpc) is 2.37. The number of benzene rings is 1. The Morgan fingerprint density at radius 3 is 2.53 bits per heavy atom. The molecule has 0 saturated heterocycles. The lowest BCUT2D eigenvalue weighted by Gasteiger charge is -2.07. The van der Waals surface area contributed by atoms with Crippen LogP contribution in [0.2, 0.25) is 0 Å². The summed E-state index contributed by atoms with van der Waals surface area (Å²) in [6.45, 7) is 0. The van der Waals surface area contributed by atoms with Crippen molar-refractivity contribution >= 4 is 43.6 Å². The standard InChI is InChI=1S/C12H12Br2O3/c1-17-12(16)8-2-3-9(7-14)10(6-8)11(15)4-5-13/h2-3,6H,4-5,7H2,1H3. The Morgan fingerprint density at radius 2 is 2.00 bits per heavy atom. The quantitative estimate of drug-likeness (QED) is 0.457. The number of hydrogen-bond acceptors (Lipinski definition) is 3. The lowest BCUT2D eigenvalue weighted by Crippen LogP contribution is -2.08. The van der Waals surface area contributed by atoms with Crippen molar-refractivity contribution in [2.75, 3.05) is 12.4 Å². The number of esters is 1. The average molecular weight is 364 g/mol. The van der Waals surface area contributed by atoms with Gasteiger partial charge in [-0.2, -0.15) is 0 Å². The van der Waals surface area contributed by atoms with Crippen molar-refractivity contribution in [3.05, 3.63) is 34.9 Å². The zero-order valence-electron chi connectivity index (χ0n) is 9.33. The van der Waals surface area contributed by atoms with Gasteiger partial charge in [0.25, 0.3) is 0 Å². The molecule has 0 unspecified atom stereocenters. The molecule has 17 heavy (non-hydrogen) atoms. The van der Waals surface area contributed by atoms with Crippen molar-refractivity contribution in [1.29, 1.82) is 0 Å². The van der Waals surface area contributed by atoms with Crippen LogP contribution in [-0.2, 0) is 10.1 Å². The van der Waals surface area contributed by atoms with Crippen molar-refractivity contribution in [2.45, 2.75) is 11.8 Å². The van der Waals surface area contributed by atoms with E-state index < -0.39 is 5.97 Å². The van der Waals surface area contributed by atoms with Crippen LogP contribution in [0.3, 0.4) is 0 Å². The van der Waals surface area contributed by atoms with E-state index in [0.29, 0.717) is 28.2 Å². The number of rotatable bonds is 5. The first-order valence-electron chi connectivity index (χ1n) is 5.00. The van der Waals surface area contributed by atoms with Crippen molar-refractivity contribution in [1.82, 2.24) is 0 Å². The molecule has 0 fully saturated rings. The van der Waals surface area contributed by atoms with Crippen molar-refractivity contribution in [3.63, 3.8) is 0 Å². The van der Waals surface area contributed by atoms with Crippen LogP contribution in [0, 0.1) is 0 Å². The minimum Gasteiger partial charge on any atom is -0.465 e. The molecule has 1 rings (SSSR count). The van der Waals surface area contributed by atoms with E-state index in [4.69, 9.17) is 0 Å². The monoisotopic (exact) mass is 362 g/mol. The SMILES string of the molecule is COC(=O)c1ccc(CBr)c(C(=O)CCBr)c1. The molecule has 5 heteroatoms. The van der Waals surface area contributed by atoms with Gasteiger partial charge < -0.3 is 4.74 Å². The summed E-state index contributed by atoms with van der Waals surface area (Å²) in [6.07, 6.45) is 0.407. The summed E-state index contributed by atoms with van der Waals surface area (Å²) >= 11 is 6.56. The van der Waals surface area contributed by atoms with E-state index in [-0.39, 0.29) is 5.78 Å². The second-order valence-electron chi connectivity index (χ2n) is 3.36. The highest BCUT2D eigenvalue weighted by Crippen LogP contribution is 2.18. The molecule has 3 nitrogen and oxygen atoms in total. The van der Waals surface area contributed by atoms with Crippen LogP contribution in [0.1, 0.15) is 32.7 Å². The van der Waals surface area contributed by atoms with E-state index in [2.05, 4.69) is 36.6 Å². The number of carbonyl (C=O) groups is 2. The molecule has 0 spiro atoms. The predicted molar refractivity (Wildman–Crippen MR) is 73.2 cm³/mol. The number of Topliss-reactive ketones (excluding diaryl/α,β-unsaturated/α-hetero) is 1. The smallest absolute Gasteiger partial charge is 0.337 e. The first kappa shape index (κ1) is 14.4. The molecule has 0 saturated carbocycles. The van der Waals surface area contributed by atoms with E-state index in [9.17, 15) is 9.59 Å². The van der Waals surface area contributed by atoms with E-state index in [1.54, 1.807) is 18.2 Å². The Labute approximate surface area is 117 Å². The van der Waals surface area contributed by atoms with Crippen LogP contribution in [0.5, 0.6) is 0 Å². The summed E-state index contributed by atoms with van der Waals surface area (Å²) in [7, 11) is 1.32. The molecule has 0 atom stereocenters. The first-order valence-corrected chi connectivity index (χ1v) is 7.24. The third-order valence-corrected chi connectivity index (χ3v) is 3.30. The van der Waals surface area contributed by atoms with Gasteiger partial charge in [0.1, 0.15) is 0 Å². The van der Waals surface area contributed by atoms with E-state index >= 15 is 0 Å². The van der Waals surface area contributed by atoms with E-state index in [1.807, 2.05) is 0 Å². The van der Waals surface area contributed by atoms with Crippen LogP contribution in [-0.4, -0.2) is 24.2 Å². The fourth-order valence-electron chi connectivity index (χ4n) is 1.42. The molecule has 0 aliphatic rings. The summed E-state index contributed by atoms with van der Waals surface area (Å²) in [5.41, 5.74) is 1.85. The second kappa shape index (κ2) is 6.91. The maximum Gasteiger partial charge on any atom is 0.337 e. The Bertz CT molecular complexity index is 430. The highest BCUT2D eigenvalue weighted by molar-refractivity contribution is 9.09. The van der Waals surface area contributed by atoms with Crippen molar-refractivity contribution in [3.8, 4) is 0 Å². The van der Waals surface area contributed by atoms with Crippen LogP contribution >= 0.6 is 31.9 Å². The fraction of sp³-hybridized carbons (Fsp3) is 0.333. The Balaban J connectivity index is 3.15. The van der Waals surface area contributed by atoms with Gasteiger partial charge in [0.2, 0.25) is 0 Å². The van der Waals surface area contributed by atoms with Gasteiger partial charge in [-0.05, 0) is 17.7 Å². The molecule has 92 valence electrons. The minimum atomic E-state index is -0.431. The van der Waals surface area contributed by atoms with E-state index in [1.165, 1.54) is 7.11 Å². The van der Waals surface area contributed by atoms with Crippen LogP contribution in [0.25, 0.3) is 0 Å². The molecular weight excluding hydrogens is 352 g/mol. The predicted octanol–water partition coefficient (Wildman–Crippen LogP) is 3.34. The molecule has 0 aliphatic carbocycles. The summed E-state index contributed by atoms with van der Waals surface area (Å²) in [5.74, 6) is -0.416. The second-order valence-corrected chi connectivity index (χ2v) is 4.71. The normalized spacial score (nSPS) is 10.1. The molecule has 0 amide bonds. The molecule has 0 heterocycles. The maximum atomic E-state index is 11.9. The summed E-state index contributed by atoms with van der Waals surface area (Å²) < 4.78 is 4.63. The maximum absolute atomic E-state index is 11.9. The van der Waals surface area contributed by atoms with Gasteiger partial charge >= 0.3 is 5.97 Å². The minimum absolute atomic E-state index is 0.0158. The Hall–Kier alpha value is -0.680. The number of carbonyl (C=O) groups excluding carboxylic acids is 2. The third-order valence-electron chi connectivity index (χ3n) is 2.30. The highest BCUT2D eigenvalue weighted by atomic mass is 79.9. The van der Waals surface area contributed by atoms with Gasteiger partial charge in [-0.25, -0.2) is 4.79 Å².